The first kappa shape index (κ1) is 11.0. The lowest BCUT2D eigenvalue weighted by atomic mass is 10.2. The van der Waals surface area contributed by atoms with Crippen LogP contribution in [0.5, 0.6) is 0 Å². The maximum absolute atomic E-state index is 5.48. The van der Waals surface area contributed by atoms with Crippen LogP contribution in [0.3, 0.4) is 0 Å². The molecular weight excluding hydrogens is 228 g/mol. The number of hydrogen-bond acceptors (Lipinski definition) is 4. The number of aryl methyl sites for hydroxylation is 1. The number of para-hydroxylation sites is 1. The lowest BCUT2D eigenvalue weighted by Gasteiger charge is -1.99. The molecule has 18 heavy (non-hydrogen) atoms. The van der Waals surface area contributed by atoms with Crippen LogP contribution >= 0.6 is 0 Å². The highest BCUT2D eigenvalue weighted by atomic mass is 16.4. The van der Waals surface area contributed by atoms with E-state index in [4.69, 9.17) is 8.83 Å². The van der Waals surface area contributed by atoms with Crippen molar-refractivity contribution in [3.05, 3.63) is 53.9 Å². The molecule has 0 saturated heterocycles. The Bertz CT molecular complexity index is 654. The summed E-state index contributed by atoms with van der Waals surface area (Å²) in [5, 5.41) is 4.44. The van der Waals surface area contributed by atoms with Crippen molar-refractivity contribution in [2.24, 2.45) is 0 Å². The fourth-order valence-corrected chi connectivity index (χ4v) is 1.96. The number of nitrogens with one attached hydrogen (secondary N) is 1. The van der Waals surface area contributed by atoms with Gasteiger partial charge in [-0.25, -0.2) is 4.98 Å². The summed E-state index contributed by atoms with van der Waals surface area (Å²) in [4.78, 5) is 4.14. The molecule has 3 rings (SSSR count). The molecule has 0 atom stereocenters. The number of aromatic nitrogens is 1. The van der Waals surface area contributed by atoms with Gasteiger partial charge in [0.2, 0.25) is 5.89 Å². The van der Waals surface area contributed by atoms with Gasteiger partial charge in [0.1, 0.15) is 11.3 Å². The van der Waals surface area contributed by atoms with Crippen LogP contribution in [-0.2, 0) is 13.1 Å². The van der Waals surface area contributed by atoms with Gasteiger partial charge in [-0.15, -0.1) is 0 Å². The molecule has 0 bridgehead atoms. The van der Waals surface area contributed by atoms with Gasteiger partial charge >= 0.3 is 0 Å². The first-order valence-electron chi connectivity index (χ1n) is 5.90. The minimum atomic E-state index is 0.618. The van der Waals surface area contributed by atoms with E-state index in [9.17, 15) is 0 Å². The highest BCUT2D eigenvalue weighted by Gasteiger charge is 2.05. The van der Waals surface area contributed by atoms with Crippen LogP contribution in [-0.4, -0.2) is 4.98 Å². The van der Waals surface area contributed by atoms with Crippen molar-refractivity contribution in [2.75, 3.05) is 0 Å². The molecule has 1 aromatic carbocycles. The molecule has 1 N–H and O–H groups in total. The monoisotopic (exact) mass is 242 g/mol. The van der Waals surface area contributed by atoms with Gasteiger partial charge in [-0.3, -0.25) is 0 Å². The third kappa shape index (κ3) is 2.15. The predicted molar refractivity (Wildman–Crippen MR) is 68.0 cm³/mol. The summed E-state index contributed by atoms with van der Waals surface area (Å²) >= 11 is 0. The van der Waals surface area contributed by atoms with Crippen LogP contribution in [0, 0.1) is 6.92 Å². The molecule has 3 aromatic rings. The minimum absolute atomic E-state index is 0.618. The quantitative estimate of drug-likeness (QED) is 0.764. The van der Waals surface area contributed by atoms with Gasteiger partial charge in [0, 0.05) is 17.5 Å². The van der Waals surface area contributed by atoms with Gasteiger partial charge in [-0.05, 0) is 13.0 Å². The Balaban J connectivity index is 1.66. The van der Waals surface area contributed by atoms with Crippen molar-refractivity contribution in [2.45, 2.75) is 20.0 Å². The van der Waals surface area contributed by atoms with Crippen LogP contribution in [0.4, 0.5) is 0 Å². The Kier molecular flexibility index (Phi) is 2.86. The van der Waals surface area contributed by atoms with Gasteiger partial charge in [0.05, 0.1) is 19.0 Å². The van der Waals surface area contributed by atoms with Crippen molar-refractivity contribution in [1.29, 1.82) is 0 Å². The molecule has 2 heterocycles. The summed E-state index contributed by atoms with van der Waals surface area (Å²) in [7, 11) is 0. The van der Waals surface area contributed by atoms with E-state index in [0.717, 1.165) is 28.8 Å². The Morgan fingerprint density at radius 1 is 1.22 bits per heavy atom. The van der Waals surface area contributed by atoms with Crippen LogP contribution in [0.15, 0.2) is 45.6 Å². The average Bonchev–Trinajstić information content (AvgIpc) is 2.97. The fraction of sp³-hybridized carbons (Fsp3) is 0.214. The molecule has 2 aromatic heterocycles. The van der Waals surface area contributed by atoms with Crippen LogP contribution in [0.2, 0.25) is 0 Å². The highest BCUT2D eigenvalue weighted by Crippen LogP contribution is 2.20. The fourth-order valence-electron chi connectivity index (χ4n) is 1.96. The number of rotatable bonds is 4. The number of fused-ring (bicyclic) bond motifs is 1. The largest absolute Gasteiger partial charge is 0.464 e. The average molecular weight is 242 g/mol. The Morgan fingerprint density at radius 3 is 2.94 bits per heavy atom. The van der Waals surface area contributed by atoms with E-state index in [0.29, 0.717) is 12.4 Å². The van der Waals surface area contributed by atoms with Crippen molar-refractivity contribution in [3.8, 4) is 0 Å². The zero-order chi connectivity index (χ0) is 12.4. The summed E-state index contributed by atoms with van der Waals surface area (Å²) in [6.07, 6.45) is 3.52. The maximum atomic E-state index is 5.48. The Morgan fingerprint density at radius 2 is 2.11 bits per heavy atom. The third-order valence-electron chi connectivity index (χ3n) is 2.82. The van der Waals surface area contributed by atoms with Gasteiger partial charge < -0.3 is 14.2 Å². The first-order valence-corrected chi connectivity index (χ1v) is 5.90. The summed E-state index contributed by atoms with van der Waals surface area (Å²) in [6, 6.07) is 8.01. The van der Waals surface area contributed by atoms with Crippen molar-refractivity contribution in [3.63, 3.8) is 0 Å². The highest BCUT2D eigenvalue weighted by molar-refractivity contribution is 5.80. The SMILES string of the molecule is Cc1cnc(CNCc2coc3ccccc23)o1. The molecule has 92 valence electrons. The van der Waals surface area contributed by atoms with Gasteiger partial charge in [0.25, 0.3) is 0 Å². The van der Waals surface area contributed by atoms with E-state index in [1.54, 1.807) is 12.5 Å². The van der Waals surface area contributed by atoms with Crippen LogP contribution < -0.4 is 5.32 Å². The lowest BCUT2D eigenvalue weighted by molar-refractivity contribution is 0.448. The van der Waals surface area contributed by atoms with Crippen LogP contribution in [0.25, 0.3) is 11.0 Å². The van der Waals surface area contributed by atoms with Crippen molar-refractivity contribution >= 4 is 11.0 Å². The molecule has 0 fully saturated rings. The number of hydrogen-bond donors (Lipinski definition) is 1. The van der Waals surface area contributed by atoms with Gasteiger partial charge in [-0.2, -0.15) is 0 Å². The minimum Gasteiger partial charge on any atom is -0.464 e. The lowest BCUT2D eigenvalue weighted by Crippen LogP contribution is -2.12. The second kappa shape index (κ2) is 4.66. The predicted octanol–water partition coefficient (Wildman–Crippen LogP) is 3.02. The summed E-state index contributed by atoms with van der Waals surface area (Å²) in [5.41, 5.74) is 2.06. The summed E-state index contributed by atoms with van der Waals surface area (Å²) in [6.45, 7) is 3.24. The second-order valence-electron chi connectivity index (χ2n) is 4.23. The first-order chi connectivity index (χ1) is 8.83. The number of furan rings is 1. The second-order valence-corrected chi connectivity index (χ2v) is 4.23. The number of benzene rings is 1. The number of oxazole rings is 1. The van der Waals surface area contributed by atoms with E-state index in [1.807, 2.05) is 25.1 Å². The van der Waals surface area contributed by atoms with Gasteiger partial charge in [-0.1, -0.05) is 18.2 Å². The zero-order valence-corrected chi connectivity index (χ0v) is 10.1. The molecule has 0 amide bonds. The van der Waals surface area contributed by atoms with Crippen molar-refractivity contribution < 1.29 is 8.83 Å². The molecule has 0 radical (unpaired) electrons. The summed E-state index contributed by atoms with van der Waals surface area (Å²) < 4.78 is 10.9. The molecule has 4 heteroatoms. The van der Waals surface area contributed by atoms with Crippen molar-refractivity contribution in [1.82, 2.24) is 10.3 Å². The molecule has 0 aliphatic carbocycles. The molecule has 0 spiro atoms. The topological polar surface area (TPSA) is 51.2 Å². The zero-order valence-electron chi connectivity index (χ0n) is 10.1. The van der Waals surface area contributed by atoms with E-state index in [2.05, 4.69) is 16.4 Å². The van der Waals surface area contributed by atoms with Crippen LogP contribution in [0.1, 0.15) is 17.2 Å². The molecule has 0 unspecified atom stereocenters. The van der Waals surface area contributed by atoms with E-state index >= 15 is 0 Å². The molecule has 0 aliphatic heterocycles. The van der Waals surface area contributed by atoms with E-state index < -0.39 is 0 Å². The number of nitrogens with zero attached hydrogens (tertiary/aromatic N) is 1. The summed E-state index contributed by atoms with van der Waals surface area (Å²) in [5.74, 6) is 1.54. The Hall–Kier alpha value is -2.07. The molecule has 4 nitrogen and oxygen atoms in total. The van der Waals surface area contributed by atoms with E-state index in [1.165, 1.54) is 0 Å². The molecular formula is C14H14N2O2. The normalized spacial score (nSPS) is 11.2. The Labute approximate surface area is 105 Å². The van der Waals surface area contributed by atoms with Gasteiger partial charge in [0.15, 0.2) is 0 Å². The third-order valence-corrected chi connectivity index (χ3v) is 2.82. The van der Waals surface area contributed by atoms with E-state index in [-0.39, 0.29) is 0 Å². The molecule has 0 saturated carbocycles. The standard InChI is InChI=1S/C14H14N2O2/c1-10-6-16-14(18-10)8-15-7-11-9-17-13-5-3-2-4-12(11)13/h2-6,9,15H,7-8H2,1H3. The molecule has 0 aliphatic rings. The smallest absolute Gasteiger partial charge is 0.208 e. The maximum Gasteiger partial charge on any atom is 0.208 e.